The van der Waals surface area contributed by atoms with Gasteiger partial charge in [-0.2, -0.15) is 0 Å². The van der Waals surface area contributed by atoms with Crippen molar-refractivity contribution in [2.75, 3.05) is 7.11 Å². The average molecular weight is 281 g/mol. The quantitative estimate of drug-likeness (QED) is 0.697. The molecule has 1 rings (SSSR count). The molecule has 20 heavy (non-hydrogen) atoms. The second-order valence-electron chi connectivity index (χ2n) is 5.30. The minimum Gasteiger partial charge on any atom is -0.507 e. The number of hydrogen-bond donors (Lipinski definition) is 3. The summed E-state index contributed by atoms with van der Waals surface area (Å²) < 4.78 is 4.78. The van der Waals surface area contributed by atoms with E-state index in [1.165, 1.54) is 19.2 Å². The molecule has 0 bridgehead atoms. The van der Waals surface area contributed by atoms with E-state index in [1.54, 1.807) is 13.0 Å². The Morgan fingerprint density at radius 1 is 1.25 bits per heavy atom. The molecule has 0 heterocycles. The highest BCUT2D eigenvalue weighted by Crippen LogP contribution is 2.32. The number of nitrogens with one attached hydrogen (secondary N) is 1. The third-order valence-corrected chi connectivity index (χ3v) is 3.14. The molecule has 5 heteroatoms. The lowest BCUT2D eigenvalue weighted by molar-refractivity contribution is -0.143. The van der Waals surface area contributed by atoms with Gasteiger partial charge in [-0.25, -0.2) is 0 Å². The van der Waals surface area contributed by atoms with Gasteiger partial charge in [-0.1, -0.05) is 19.9 Å². The highest BCUT2D eigenvalue weighted by atomic mass is 16.5. The summed E-state index contributed by atoms with van der Waals surface area (Å²) in [5.41, 5.74) is 0.380. The van der Waals surface area contributed by atoms with Gasteiger partial charge in [0, 0.05) is 6.04 Å². The van der Waals surface area contributed by atoms with Crippen LogP contribution in [0, 0.1) is 5.92 Å². The van der Waals surface area contributed by atoms with E-state index in [9.17, 15) is 15.0 Å². The molecule has 0 aliphatic heterocycles. The molecule has 1 aromatic rings. The predicted molar refractivity (Wildman–Crippen MR) is 76.6 cm³/mol. The number of carbonyl (C=O) groups is 1. The van der Waals surface area contributed by atoms with Crippen LogP contribution in [-0.4, -0.2) is 29.3 Å². The van der Waals surface area contributed by atoms with Gasteiger partial charge in [-0.05, 0) is 31.4 Å². The summed E-state index contributed by atoms with van der Waals surface area (Å²) in [6.45, 7) is 5.81. The smallest absolute Gasteiger partial charge is 0.322 e. The molecule has 0 radical (unpaired) electrons. The maximum atomic E-state index is 11.8. The Balaban J connectivity index is 2.90. The van der Waals surface area contributed by atoms with Gasteiger partial charge >= 0.3 is 5.97 Å². The summed E-state index contributed by atoms with van der Waals surface area (Å²) in [5.74, 6) is -0.0337. The first-order chi connectivity index (χ1) is 9.36. The Bertz CT molecular complexity index is 439. The van der Waals surface area contributed by atoms with Gasteiger partial charge < -0.3 is 14.9 Å². The largest absolute Gasteiger partial charge is 0.507 e. The number of aromatic hydroxyl groups is 2. The Kier molecular flexibility index (Phi) is 5.82. The highest BCUT2D eigenvalue weighted by molar-refractivity contribution is 5.75. The molecule has 0 aliphatic carbocycles. The normalized spacial score (nSPS) is 14.1. The SMILES string of the molecule is COC(=O)C(CC(C)C)NC(C)c1c(O)cccc1O. The van der Waals surface area contributed by atoms with Gasteiger partial charge in [0.25, 0.3) is 0 Å². The number of hydrogen-bond acceptors (Lipinski definition) is 5. The number of phenols is 2. The Labute approximate surface area is 119 Å². The van der Waals surface area contributed by atoms with Crippen LogP contribution < -0.4 is 5.32 Å². The summed E-state index contributed by atoms with van der Waals surface area (Å²) in [6, 6.07) is 3.71. The summed E-state index contributed by atoms with van der Waals surface area (Å²) >= 11 is 0. The minimum absolute atomic E-state index is 0.00170. The number of esters is 1. The zero-order chi connectivity index (χ0) is 15.3. The molecule has 0 aliphatic rings. The third kappa shape index (κ3) is 4.13. The molecule has 0 fully saturated rings. The summed E-state index contributed by atoms with van der Waals surface area (Å²) in [7, 11) is 1.35. The van der Waals surface area contributed by atoms with Crippen LogP contribution in [0.3, 0.4) is 0 Å². The Hall–Kier alpha value is -1.75. The van der Waals surface area contributed by atoms with Crippen molar-refractivity contribution in [2.45, 2.75) is 39.3 Å². The lowest BCUT2D eigenvalue weighted by Gasteiger charge is -2.24. The van der Waals surface area contributed by atoms with E-state index >= 15 is 0 Å². The van der Waals surface area contributed by atoms with Gasteiger partial charge in [-0.3, -0.25) is 10.1 Å². The lowest BCUT2D eigenvalue weighted by Crippen LogP contribution is -2.40. The standard InChI is InChI=1S/C15H23NO4/c1-9(2)8-11(15(19)20-4)16-10(3)14-12(17)6-5-7-13(14)18/h5-7,9-11,16-18H,8H2,1-4H3. The fourth-order valence-electron chi connectivity index (χ4n) is 2.22. The summed E-state index contributed by atoms with van der Waals surface area (Å²) in [4.78, 5) is 11.8. The number of benzene rings is 1. The number of ether oxygens (including phenoxy) is 1. The molecular weight excluding hydrogens is 258 g/mol. The molecule has 2 unspecified atom stereocenters. The second-order valence-corrected chi connectivity index (χ2v) is 5.30. The first-order valence-electron chi connectivity index (χ1n) is 6.71. The maximum Gasteiger partial charge on any atom is 0.322 e. The predicted octanol–water partition coefficient (Wildman–Crippen LogP) is 2.34. The van der Waals surface area contributed by atoms with Crippen molar-refractivity contribution in [1.29, 1.82) is 0 Å². The van der Waals surface area contributed by atoms with Crippen molar-refractivity contribution in [1.82, 2.24) is 5.32 Å². The summed E-state index contributed by atoms with van der Waals surface area (Å²) in [5, 5.41) is 22.8. The molecule has 0 amide bonds. The van der Waals surface area contributed by atoms with Gasteiger partial charge in [0.1, 0.15) is 17.5 Å². The molecule has 0 aromatic heterocycles. The highest BCUT2D eigenvalue weighted by Gasteiger charge is 2.25. The van der Waals surface area contributed by atoms with Crippen molar-refractivity contribution >= 4 is 5.97 Å². The molecule has 112 valence electrons. The monoisotopic (exact) mass is 281 g/mol. The van der Waals surface area contributed by atoms with Crippen LogP contribution in [0.15, 0.2) is 18.2 Å². The molecule has 3 N–H and O–H groups in total. The van der Waals surface area contributed by atoms with E-state index < -0.39 is 6.04 Å². The zero-order valence-corrected chi connectivity index (χ0v) is 12.4. The molecule has 0 saturated heterocycles. The van der Waals surface area contributed by atoms with Crippen LogP contribution in [-0.2, 0) is 9.53 Å². The van der Waals surface area contributed by atoms with Crippen LogP contribution >= 0.6 is 0 Å². The van der Waals surface area contributed by atoms with E-state index in [2.05, 4.69) is 5.32 Å². The molecule has 0 saturated carbocycles. The van der Waals surface area contributed by atoms with Crippen LogP contribution in [0.1, 0.15) is 38.8 Å². The Morgan fingerprint density at radius 2 is 1.80 bits per heavy atom. The first-order valence-corrected chi connectivity index (χ1v) is 6.71. The number of methoxy groups -OCH3 is 1. The van der Waals surface area contributed by atoms with Gasteiger partial charge in [-0.15, -0.1) is 0 Å². The molecule has 0 spiro atoms. The van der Waals surface area contributed by atoms with Gasteiger partial charge in [0.15, 0.2) is 0 Å². The lowest BCUT2D eigenvalue weighted by atomic mass is 10.0. The van der Waals surface area contributed by atoms with Crippen molar-refractivity contribution in [3.05, 3.63) is 23.8 Å². The minimum atomic E-state index is -0.478. The number of carbonyl (C=O) groups excluding carboxylic acids is 1. The van der Waals surface area contributed by atoms with Crippen LogP contribution in [0.4, 0.5) is 0 Å². The van der Waals surface area contributed by atoms with Crippen molar-refractivity contribution in [2.24, 2.45) is 5.92 Å². The van der Waals surface area contributed by atoms with E-state index in [4.69, 9.17) is 4.74 Å². The van der Waals surface area contributed by atoms with E-state index in [0.29, 0.717) is 17.9 Å². The molecule has 5 nitrogen and oxygen atoms in total. The van der Waals surface area contributed by atoms with Gasteiger partial charge in [0.2, 0.25) is 0 Å². The van der Waals surface area contributed by atoms with Crippen molar-refractivity contribution in [3.8, 4) is 11.5 Å². The maximum absolute atomic E-state index is 11.8. The van der Waals surface area contributed by atoms with E-state index in [1.807, 2.05) is 13.8 Å². The average Bonchev–Trinajstić information content (AvgIpc) is 2.36. The molecule has 2 atom stereocenters. The molecule has 1 aromatic carbocycles. The van der Waals surface area contributed by atoms with Crippen LogP contribution in [0.2, 0.25) is 0 Å². The zero-order valence-electron chi connectivity index (χ0n) is 12.4. The molecular formula is C15H23NO4. The second kappa shape index (κ2) is 7.14. The first kappa shape index (κ1) is 16.3. The van der Waals surface area contributed by atoms with Crippen molar-refractivity contribution < 1.29 is 19.7 Å². The fraction of sp³-hybridized carbons (Fsp3) is 0.533. The van der Waals surface area contributed by atoms with E-state index in [-0.39, 0.29) is 23.5 Å². The van der Waals surface area contributed by atoms with Crippen LogP contribution in [0.25, 0.3) is 0 Å². The van der Waals surface area contributed by atoms with Crippen molar-refractivity contribution in [3.63, 3.8) is 0 Å². The third-order valence-electron chi connectivity index (χ3n) is 3.14. The van der Waals surface area contributed by atoms with Gasteiger partial charge in [0.05, 0.1) is 12.7 Å². The van der Waals surface area contributed by atoms with E-state index in [0.717, 1.165) is 0 Å². The topological polar surface area (TPSA) is 78.8 Å². The fourth-order valence-corrected chi connectivity index (χ4v) is 2.22. The van der Waals surface area contributed by atoms with Crippen LogP contribution in [0.5, 0.6) is 11.5 Å². The Morgan fingerprint density at radius 3 is 2.25 bits per heavy atom. The number of phenolic OH excluding ortho intramolecular Hbond substituents is 2. The summed E-state index contributed by atoms with van der Waals surface area (Å²) in [6.07, 6.45) is 0.616. The number of rotatable bonds is 6.